The van der Waals surface area contributed by atoms with Crippen LogP contribution < -0.4 is 0 Å². The lowest BCUT2D eigenvalue weighted by molar-refractivity contribution is 1.08. The number of hydrogen-bond donors (Lipinski definition) is 0. The molecule has 214 valence electrons. The Kier molecular flexibility index (Phi) is 5.19. The minimum absolute atomic E-state index is 0.633. The lowest BCUT2D eigenvalue weighted by Gasteiger charge is -2.12. The molecular weight excluding hydrogens is 564 g/mol. The van der Waals surface area contributed by atoms with Gasteiger partial charge in [-0.3, -0.25) is 4.40 Å². The SMILES string of the molecule is c1ccc(-c2nc(-c3ccccc3)nc(-c3ccc4c5c3c3ccccc3n5c3ccccc3c3cccc5ncn4c53)n2)cc1. The molecule has 0 fully saturated rings. The van der Waals surface area contributed by atoms with Gasteiger partial charge in [0.25, 0.3) is 0 Å². The summed E-state index contributed by atoms with van der Waals surface area (Å²) in [7, 11) is 0. The van der Waals surface area contributed by atoms with E-state index in [9.17, 15) is 0 Å². The van der Waals surface area contributed by atoms with Crippen LogP contribution in [0.4, 0.5) is 0 Å². The van der Waals surface area contributed by atoms with Crippen molar-refractivity contribution in [2.75, 3.05) is 0 Å². The zero-order chi connectivity index (χ0) is 30.2. The normalized spacial score (nSPS) is 11.9. The van der Waals surface area contributed by atoms with Crippen LogP contribution in [0.1, 0.15) is 0 Å². The van der Waals surface area contributed by atoms with E-state index in [0.717, 1.165) is 71.3 Å². The Morgan fingerprint density at radius 1 is 0.413 bits per heavy atom. The number of benzene rings is 6. The first-order valence-electron chi connectivity index (χ1n) is 15.3. The molecule has 46 heavy (non-hydrogen) atoms. The number of rotatable bonds is 3. The number of nitrogens with zero attached hydrogens (tertiary/aromatic N) is 6. The van der Waals surface area contributed by atoms with Crippen LogP contribution in [-0.4, -0.2) is 28.7 Å². The van der Waals surface area contributed by atoms with Crippen LogP contribution in [0.2, 0.25) is 0 Å². The van der Waals surface area contributed by atoms with Gasteiger partial charge < -0.3 is 4.40 Å². The third-order valence-electron chi connectivity index (χ3n) is 9.00. The van der Waals surface area contributed by atoms with Gasteiger partial charge in [0, 0.05) is 38.2 Å². The van der Waals surface area contributed by atoms with Crippen molar-refractivity contribution in [1.82, 2.24) is 28.7 Å². The Balaban J connectivity index is 1.42. The van der Waals surface area contributed by atoms with Crippen LogP contribution in [0.5, 0.6) is 0 Å². The maximum atomic E-state index is 5.14. The van der Waals surface area contributed by atoms with Crippen LogP contribution in [0, 0.1) is 0 Å². The van der Waals surface area contributed by atoms with E-state index in [-0.39, 0.29) is 0 Å². The summed E-state index contributed by atoms with van der Waals surface area (Å²) in [4.78, 5) is 20.1. The van der Waals surface area contributed by atoms with Crippen molar-refractivity contribution in [3.8, 4) is 34.2 Å². The smallest absolute Gasteiger partial charge is 0.164 e. The van der Waals surface area contributed by atoms with E-state index < -0.39 is 0 Å². The number of hydrogen-bond acceptors (Lipinski definition) is 4. The molecule has 0 unspecified atom stereocenters. The molecular formula is C40H24N6. The van der Waals surface area contributed by atoms with Crippen molar-refractivity contribution in [3.63, 3.8) is 0 Å². The molecule has 0 aliphatic carbocycles. The molecule has 0 saturated heterocycles. The third-order valence-corrected chi connectivity index (χ3v) is 9.00. The Bertz CT molecular complexity index is 2740. The van der Waals surface area contributed by atoms with Crippen LogP contribution >= 0.6 is 0 Å². The van der Waals surface area contributed by atoms with E-state index in [1.54, 1.807) is 0 Å². The third kappa shape index (κ3) is 3.52. The highest BCUT2D eigenvalue weighted by atomic mass is 15.0. The quantitative estimate of drug-likeness (QED) is 0.206. The van der Waals surface area contributed by atoms with E-state index in [0.29, 0.717) is 17.5 Å². The van der Waals surface area contributed by atoms with Crippen molar-refractivity contribution in [2.24, 2.45) is 0 Å². The van der Waals surface area contributed by atoms with Gasteiger partial charge in [-0.25, -0.2) is 19.9 Å². The van der Waals surface area contributed by atoms with Gasteiger partial charge >= 0.3 is 0 Å². The molecule has 10 rings (SSSR count). The first kappa shape index (κ1) is 25.0. The van der Waals surface area contributed by atoms with Crippen molar-refractivity contribution in [2.45, 2.75) is 0 Å². The average molecular weight is 589 g/mol. The van der Waals surface area contributed by atoms with E-state index in [1.807, 2.05) is 67.0 Å². The average Bonchev–Trinajstić information content (AvgIpc) is 3.71. The molecule has 0 aliphatic rings. The summed E-state index contributed by atoms with van der Waals surface area (Å²) in [5, 5.41) is 4.54. The maximum absolute atomic E-state index is 5.14. The topological polar surface area (TPSA) is 60.4 Å². The van der Waals surface area contributed by atoms with Gasteiger partial charge in [0.2, 0.25) is 0 Å². The lowest BCUT2D eigenvalue weighted by Crippen LogP contribution is -2.01. The Morgan fingerprint density at radius 2 is 1.00 bits per heavy atom. The van der Waals surface area contributed by atoms with E-state index >= 15 is 0 Å². The summed E-state index contributed by atoms with van der Waals surface area (Å²) in [5.74, 6) is 1.91. The predicted octanol–water partition coefficient (Wildman–Crippen LogP) is 9.39. The summed E-state index contributed by atoms with van der Waals surface area (Å²) < 4.78 is 4.64. The number of imidazole rings is 1. The summed E-state index contributed by atoms with van der Waals surface area (Å²) >= 11 is 0. The van der Waals surface area contributed by atoms with Crippen molar-refractivity contribution >= 4 is 54.6 Å². The highest BCUT2D eigenvalue weighted by molar-refractivity contribution is 6.22. The minimum atomic E-state index is 0.633. The summed E-state index contributed by atoms with van der Waals surface area (Å²) in [6, 6.07) is 48.3. The summed E-state index contributed by atoms with van der Waals surface area (Å²) in [5.41, 5.74) is 9.28. The second-order valence-electron chi connectivity index (χ2n) is 11.6. The van der Waals surface area contributed by atoms with E-state index in [2.05, 4.69) is 87.7 Å². The maximum Gasteiger partial charge on any atom is 0.164 e. The Hall–Kier alpha value is -6.40. The minimum Gasteiger partial charge on any atom is -0.307 e. The second kappa shape index (κ2) is 9.55. The fourth-order valence-electron chi connectivity index (χ4n) is 7.00. The molecule has 0 N–H and O–H groups in total. The van der Waals surface area contributed by atoms with Crippen molar-refractivity contribution in [1.29, 1.82) is 0 Å². The van der Waals surface area contributed by atoms with E-state index in [4.69, 9.17) is 19.9 Å². The highest BCUT2D eigenvalue weighted by Crippen LogP contribution is 2.41. The van der Waals surface area contributed by atoms with Gasteiger partial charge in [-0.2, -0.15) is 0 Å². The molecule has 0 radical (unpaired) electrons. The Morgan fingerprint density at radius 3 is 1.72 bits per heavy atom. The monoisotopic (exact) mass is 588 g/mol. The van der Waals surface area contributed by atoms with Gasteiger partial charge in [0.05, 0.1) is 33.1 Å². The van der Waals surface area contributed by atoms with Crippen LogP contribution in [0.3, 0.4) is 0 Å². The van der Waals surface area contributed by atoms with Crippen LogP contribution in [0.15, 0.2) is 146 Å². The zero-order valence-corrected chi connectivity index (χ0v) is 24.5. The first-order valence-corrected chi connectivity index (χ1v) is 15.3. The molecule has 6 heteroatoms. The molecule has 0 atom stereocenters. The molecule has 6 nitrogen and oxygen atoms in total. The number of para-hydroxylation sites is 3. The molecule has 0 bridgehead atoms. The number of fused-ring (bicyclic) bond motifs is 7. The predicted molar refractivity (Wildman–Crippen MR) is 186 cm³/mol. The van der Waals surface area contributed by atoms with Gasteiger partial charge in [0.15, 0.2) is 17.5 Å². The molecule has 4 heterocycles. The fraction of sp³-hybridized carbons (Fsp3) is 0. The van der Waals surface area contributed by atoms with Crippen molar-refractivity contribution < 1.29 is 0 Å². The molecule has 0 spiro atoms. The largest absolute Gasteiger partial charge is 0.307 e. The molecule has 0 aliphatic heterocycles. The zero-order valence-electron chi connectivity index (χ0n) is 24.5. The second-order valence-corrected chi connectivity index (χ2v) is 11.6. The molecule has 10 aromatic rings. The molecule has 4 aromatic heterocycles. The van der Waals surface area contributed by atoms with Gasteiger partial charge in [-0.05, 0) is 30.3 Å². The molecule has 0 amide bonds. The van der Waals surface area contributed by atoms with Gasteiger partial charge in [-0.15, -0.1) is 0 Å². The Labute approximate surface area is 262 Å². The summed E-state index contributed by atoms with van der Waals surface area (Å²) in [6.07, 6.45) is 1.95. The molecule has 6 aromatic carbocycles. The van der Waals surface area contributed by atoms with Crippen LogP contribution in [-0.2, 0) is 0 Å². The van der Waals surface area contributed by atoms with Gasteiger partial charge in [0.1, 0.15) is 6.33 Å². The van der Waals surface area contributed by atoms with E-state index in [1.165, 1.54) is 0 Å². The molecule has 0 saturated carbocycles. The van der Waals surface area contributed by atoms with Gasteiger partial charge in [-0.1, -0.05) is 109 Å². The van der Waals surface area contributed by atoms with Crippen LogP contribution in [0.25, 0.3) is 88.8 Å². The lowest BCUT2D eigenvalue weighted by atomic mass is 10.0. The highest BCUT2D eigenvalue weighted by Gasteiger charge is 2.22. The van der Waals surface area contributed by atoms with Crippen molar-refractivity contribution in [3.05, 3.63) is 146 Å². The summed E-state index contributed by atoms with van der Waals surface area (Å²) in [6.45, 7) is 0. The fourth-order valence-corrected chi connectivity index (χ4v) is 7.00. The number of aromatic nitrogens is 6. The standard InChI is InChI=1S/C40H24N6/c1-3-12-25(13-4-1)38-42-39(26-14-5-2-6-15-26)44-40(43-38)30-22-23-34-37-35(30)29-17-8-10-21-33(29)46(37)32-20-9-7-16-27(32)28-18-11-19-31-36(28)45(34)24-41-31/h1-24H. The first-order chi connectivity index (χ1) is 22.8.